The third kappa shape index (κ3) is 2.19. The van der Waals surface area contributed by atoms with E-state index in [1.54, 1.807) is 24.3 Å². The van der Waals surface area contributed by atoms with E-state index in [1.165, 1.54) is 6.92 Å². The molecule has 0 radical (unpaired) electrons. The minimum atomic E-state index is -3.50. The van der Waals surface area contributed by atoms with Crippen LogP contribution < -0.4 is 5.73 Å². The van der Waals surface area contributed by atoms with Crippen molar-refractivity contribution in [3.8, 4) is 0 Å². The van der Waals surface area contributed by atoms with Crippen LogP contribution in [0.25, 0.3) is 0 Å². The van der Waals surface area contributed by atoms with Crippen molar-refractivity contribution in [1.82, 2.24) is 0 Å². The van der Waals surface area contributed by atoms with E-state index in [0.29, 0.717) is 5.56 Å². The molecule has 0 spiro atoms. The van der Waals surface area contributed by atoms with Gasteiger partial charge in [-0.05, 0) is 17.7 Å². The van der Waals surface area contributed by atoms with Gasteiger partial charge in [0.15, 0.2) is 9.84 Å². The topological polar surface area (TPSA) is 97.5 Å². The molecule has 1 aromatic carbocycles. The van der Waals surface area contributed by atoms with E-state index < -0.39 is 32.5 Å². The summed E-state index contributed by atoms with van der Waals surface area (Å²) in [6.07, 6.45) is 0. The molecular formula is C12H14BrNO4S. The molecule has 19 heavy (non-hydrogen) atoms. The number of hydrogen-bond donors (Lipinski definition) is 2. The van der Waals surface area contributed by atoms with Crippen LogP contribution in [0.4, 0.5) is 0 Å². The fraction of sp³-hybridized carbons (Fsp3) is 0.417. The molecule has 1 fully saturated rings. The first-order valence-corrected chi connectivity index (χ1v) is 8.25. The van der Waals surface area contributed by atoms with Crippen LogP contribution >= 0.6 is 15.9 Å². The highest BCUT2D eigenvalue weighted by atomic mass is 79.9. The minimum absolute atomic E-state index is 0.114. The highest BCUT2D eigenvalue weighted by molar-refractivity contribution is 9.10. The summed E-state index contributed by atoms with van der Waals surface area (Å²) in [5, 5.41) is 8.18. The van der Waals surface area contributed by atoms with Gasteiger partial charge in [-0.25, -0.2) is 8.42 Å². The minimum Gasteiger partial charge on any atom is -0.480 e. The predicted octanol–water partition coefficient (Wildman–Crippen LogP) is 1.13. The van der Waals surface area contributed by atoms with Crippen molar-refractivity contribution in [3.63, 3.8) is 0 Å². The summed E-state index contributed by atoms with van der Waals surface area (Å²) >= 11 is 3.27. The van der Waals surface area contributed by atoms with Gasteiger partial charge in [-0.15, -0.1) is 0 Å². The Morgan fingerprint density at radius 1 is 1.42 bits per heavy atom. The molecule has 104 valence electrons. The van der Waals surface area contributed by atoms with Crippen molar-refractivity contribution >= 4 is 31.7 Å². The first kappa shape index (κ1) is 14.5. The molecule has 1 aromatic rings. The highest BCUT2D eigenvalue weighted by Crippen LogP contribution is 2.54. The SMILES string of the molecule is CCS(=O)(=O)[C@H]1[C@H](c2ccc(Br)cc2)[C@@]1(N)C(=O)O. The normalized spacial score (nSPS) is 30.1. The molecule has 0 saturated heterocycles. The van der Waals surface area contributed by atoms with Gasteiger partial charge in [0.05, 0.1) is 5.25 Å². The Labute approximate surface area is 119 Å². The summed E-state index contributed by atoms with van der Waals surface area (Å²) in [5.41, 5.74) is 4.73. The van der Waals surface area contributed by atoms with E-state index in [9.17, 15) is 18.3 Å². The predicted molar refractivity (Wildman–Crippen MR) is 74.7 cm³/mol. The molecule has 1 aliphatic carbocycles. The van der Waals surface area contributed by atoms with E-state index in [1.807, 2.05) is 0 Å². The molecular weight excluding hydrogens is 334 g/mol. The fourth-order valence-electron chi connectivity index (χ4n) is 2.43. The highest BCUT2D eigenvalue weighted by Gasteiger charge is 2.73. The average Bonchev–Trinajstić information content (AvgIpc) is 2.99. The second kappa shape index (κ2) is 4.57. The van der Waals surface area contributed by atoms with Gasteiger partial charge < -0.3 is 10.8 Å². The quantitative estimate of drug-likeness (QED) is 0.850. The van der Waals surface area contributed by atoms with Gasteiger partial charge in [-0.1, -0.05) is 35.0 Å². The van der Waals surface area contributed by atoms with Crippen LogP contribution in [0.15, 0.2) is 28.7 Å². The molecule has 7 heteroatoms. The molecule has 0 amide bonds. The lowest BCUT2D eigenvalue weighted by molar-refractivity contribution is -0.139. The number of halogens is 1. The van der Waals surface area contributed by atoms with Crippen molar-refractivity contribution in [2.45, 2.75) is 23.6 Å². The van der Waals surface area contributed by atoms with E-state index in [0.717, 1.165) is 4.47 Å². The van der Waals surface area contributed by atoms with Gasteiger partial charge in [-0.2, -0.15) is 0 Å². The fourth-order valence-corrected chi connectivity index (χ4v) is 4.62. The number of hydrogen-bond acceptors (Lipinski definition) is 4. The monoisotopic (exact) mass is 347 g/mol. The number of nitrogens with two attached hydrogens (primary N) is 1. The van der Waals surface area contributed by atoms with Crippen LogP contribution in [0.2, 0.25) is 0 Å². The van der Waals surface area contributed by atoms with E-state index in [2.05, 4.69) is 15.9 Å². The molecule has 2 rings (SSSR count). The lowest BCUT2D eigenvalue weighted by Gasteiger charge is -2.05. The van der Waals surface area contributed by atoms with Crippen LogP contribution in [-0.2, 0) is 14.6 Å². The molecule has 3 N–H and O–H groups in total. The Morgan fingerprint density at radius 2 is 1.95 bits per heavy atom. The smallest absolute Gasteiger partial charge is 0.325 e. The van der Waals surface area contributed by atoms with E-state index in [-0.39, 0.29) is 5.75 Å². The van der Waals surface area contributed by atoms with Gasteiger partial charge in [-0.3, -0.25) is 4.79 Å². The molecule has 0 heterocycles. The third-order valence-corrected chi connectivity index (χ3v) is 6.34. The molecule has 3 atom stereocenters. The van der Waals surface area contributed by atoms with Crippen LogP contribution in [0.1, 0.15) is 18.4 Å². The number of carboxylic acid groups (broad SMARTS) is 1. The first-order chi connectivity index (χ1) is 8.75. The van der Waals surface area contributed by atoms with Gasteiger partial charge in [0.2, 0.25) is 0 Å². The Balaban J connectivity index is 2.45. The van der Waals surface area contributed by atoms with Crippen molar-refractivity contribution in [3.05, 3.63) is 34.3 Å². The number of carboxylic acids is 1. The molecule has 0 aromatic heterocycles. The summed E-state index contributed by atoms with van der Waals surface area (Å²) in [4.78, 5) is 11.3. The number of benzene rings is 1. The van der Waals surface area contributed by atoms with Gasteiger partial charge >= 0.3 is 5.97 Å². The van der Waals surface area contributed by atoms with Gasteiger partial charge in [0.1, 0.15) is 5.54 Å². The summed E-state index contributed by atoms with van der Waals surface area (Å²) in [5.74, 6) is -2.08. The summed E-state index contributed by atoms with van der Waals surface area (Å²) in [6.45, 7) is 1.49. The number of carbonyl (C=O) groups is 1. The molecule has 1 aliphatic rings. The van der Waals surface area contributed by atoms with Crippen LogP contribution in [0.5, 0.6) is 0 Å². The Hall–Kier alpha value is -0.920. The van der Waals surface area contributed by atoms with Gasteiger partial charge in [0, 0.05) is 16.1 Å². The summed E-state index contributed by atoms with van der Waals surface area (Å²) < 4.78 is 24.8. The van der Waals surface area contributed by atoms with Crippen LogP contribution in [0.3, 0.4) is 0 Å². The maximum atomic E-state index is 12.0. The van der Waals surface area contributed by atoms with Crippen molar-refractivity contribution in [2.24, 2.45) is 5.73 Å². The molecule has 0 unspecified atom stereocenters. The van der Waals surface area contributed by atoms with Gasteiger partial charge in [0.25, 0.3) is 0 Å². The average molecular weight is 348 g/mol. The lowest BCUT2D eigenvalue weighted by Crippen LogP contribution is -2.40. The zero-order valence-electron chi connectivity index (χ0n) is 10.2. The maximum absolute atomic E-state index is 12.0. The van der Waals surface area contributed by atoms with Crippen molar-refractivity contribution in [1.29, 1.82) is 0 Å². The number of rotatable bonds is 4. The summed E-state index contributed by atoms with van der Waals surface area (Å²) in [6, 6.07) is 6.88. The third-order valence-electron chi connectivity index (χ3n) is 3.57. The zero-order chi connectivity index (χ0) is 14.4. The van der Waals surface area contributed by atoms with Crippen molar-refractivity contribution < 1.29 is 18.3 Å². The lowest BCUT2D eigenvalue weighted by atomic mass is 10.1. The molecule has 0 aliphatic heterocycles. The second-order valence-electron chi connectivity index (χ2n) is 4.64. The number of aliphatic carboxylic acids is 1. The Bertz CT molecular complexity index is 613. The molecule has 0 bridgehead atoms. The molecule has 1 saturated carbocycles. The van der Waals surface area contributed by atoms with E-state index in [4.69, 9.17) is 5.73 Å². The molecule has 5 nitrogen and oxygen atoms in total. The maximum Gasteiger partial charge on any atom is 0.325 e. The Morgan fingerprint density at radius 3 is 2.37 bits per heavy atom. The largest absolute Gasteiger partial charge is 0.480 e. The Kier molecular flexibility index (Phi) is 3.49. The second-order valence-corrected chi connectivity index (χ2v) is 7.97. The first-order valence-electron chi connectivity index (χ1n) is 5.74. The standard InChI is InChI=1S/C12H14BrNO4S/c1-2-19(17,18)10-9(12(10,14)11(15)16)7-3-5-8(13)6-4-7/h3-6,9-10H,2,14H2,1H3,(H,15,16)/t9-,10-,12-/m0/s1. The van der Waals surface area contributed by atoms with Crippen LogP contribution in [-0.4, -0.2) is 36.0 Å². The van der Waals surface area contributed by atoms with E-state index >= 15 is 0 Å². The number of sulfone groups is 1. The van der Waals surface area contributed by atoms with Crippen molar-refractivity contribution in [2.75, 3.05) is 5.75 Å². The zero-order valence-corrected chi connectivity index (χ0v) is 12.6. The van der Waals surface area contributed by atoms with Crippen LogP contribution in [0, 0.1) is 0 Å². The summed E-state index contributed by atoms with van der Waals surface area (Å²) in [7, 11) is -3.50.